The maximum atomic E-state index is 13.3. The van der Waals surface area contributed by atoms with Crippen molar-refractivity contribution in [3.8, 4) is 6.07 Å². The van der Waals surface area contributed by atoms with Gasteiger partial charge in [0.1, 0.15) is 0 Å². The lowest BCUT2D eigenvalue weighted by atomic mass is 9.96. The number of anilines is 1. The van der Waals surface area contributed by atoms with E-state index in [4.69, 9.17) is 5.26 Å². The van der Waals surface area contributed by atoms with Crippen molar-refractivity contribution in [3.63, 3.8) is 0 Å². The molecule has 1 saturated carbocycles. The first kappa shape index (κ1) is 23.1. The van der Waals surface area contributed by atoms with E-state index in [0.29, 0.717) is 24.1 Å². The number of aromatic nitrogens is 1. The third kappa shape index (κ3) is 5.11. The Morgan fingerprint density at radius 2 is 1.97 bits per heavy atom. The summed E-state index contributed by atoms with van der Waals surface area (Å²) in [6.07, 6.45) is -1.56. The molecule has 3 unspecified atom stereocenters. The molecule has 2 aromatic carbocycles. The summed E-state index contributed by atoms with van der Waals surface area (Å²) < 4.78 is 40.7. The molecule has 33 heavy (non-hydrogen) atoms. The van der Waals surface area contributed by atoms with Crippen LogP contribution in [0.2, 0.25) is 0 Å². The standard InChI is InChI=1S/C24H23F3N4OS/c1-14-5-7-16(30-17-8-6-15(12-28)19(11-17)24(25,26)27)9-10-20(14)31-23(32)18-3-2-4-21-22(18)33-13-29-21/h2-4,6,8,11,13-14,16,20,30H,5,7,9-10H2,1H3,(H,31,32). The normalized spacial score (nSPS) is 21.2. The van der Waals surface area contributed by atoms with Crippen LogP contribution in [0.4, 0.5) is 18.9 Å². The summed E-state index contributed by atoms with van der Waals surface area (Å²) in [5.41, 5.74) is 2.16. The number of benzene rings is 2. The van der Waals surface area contributed by atoms with Crippen LogP contribution in [0.3, 0.4) is 0 Å². The highest BCUT2D eigenvalue weighted by atomic mass is 32.1. The lowest BCUT2D eigenvalue weighted by molar-refractivity contribution is -0.137. The van der Waals surface area contributed by atoms with Gasteiger partial charge in [0.2, 0.25) is 0 Å². The summed E-state index contributed by atoms with van der Waals surface area (Å²) in [4.78, 5) is 17.2. The molecular weight excluding hydrogens is 449 g/mol. The Morgan fingerprint density at radius 1 is 1.18 bits per heavy atom. The first-order valence-corrected chi connectivity index (χ1v) is 11.6. The van der Waals surface area contributed by atoms with E-state index in [1.54, 1.807) is 17.6 Å². The smallest absolute Gasteiger partial charge is 0.382 e. The van der Waals surface area contributed by atoms with Crippen LogP contribution in [0.5, 0.6) is 0 Å². The number of alkyl halides is 3. The molecule has 1 amide bonds. The average molecular weight is 473 g/mol. The SMILES string of the molecule is CC1CCC(Nc2ccc(C#N)c(C(F)(F)F)c2)CCC1NC(=O)c1cccc2ncsc12. The van der Waals surface area contributed by atoms with Crippen LogP contribution in [0.25, 0.3) is 10.2 Å². The summed E-state index contributed by atoms with van der Waals surface area (Å²) in [7, 11) is 0. The minimum Gasteiger partial charge on any atom is -0.382 e. The number of rotatable bonds is 4. The van der Waals surface area contributed by atoms with Crippen molar-refractivity contribution >= 4 is 33.1 Å². The van der Waals surface area contributed by atoms with E-state index in [9.17, 15) is 18.0 Å². The Hall–Kier alpha value is -3.12. The number of thiazole rings is 1. The van der Waals surface area contributed by atoms with Gasteiger partial charge in [-0.15, -0.1) is 11.3 Å². The van der Waals surface area contributed by atoms with Gasteiger partial charge >= 0.3 is 6.18 Å². The minimum absolute atomic E-state index is 0.0201. The topological polar surface area (TPSA) is 77.8 Å². The lowest BCUT2D eigenvalue weighted by Crippen LogP contribution is -2.39. The molecule has 3 atom stereocenters. The molecule has 4 rings (SSSR count). The summed E-state index contributed by atoms with van der Waals surface area (Å²) in [5.74, 6) is 0.100. The zero-order chi connectivity index (χ0) is 23.6. The van der Waals surface area contributed by atoms with Gasteiger partial charge in [0.05, 0.1) is 38.5 Å². The van der Waals surface area contributed by atoms with E-state index in [1.165, 1.54) is 23.5 Å². The second kappa shape index (κ2) is 9.40. The van der Waals surface area contributed by atoms with Crippen molar-refractivity contribution < 1.29 is 18.0 Å². The van der Waals surface area contributed by atoms with Gasteiger partial charge < -0.3 is 10.6 Å². The Bertz CT molecular complexity index is 1200. The van der Waals surface area contributed by atoms with Gasteiger partial charge in [-0.05, 0) is 61.9 Å². The predicted molar refractivity (Wildman–Crippen MR) is 122 cm³/mol. The fraction of sp³-hybridized carbons (Fsp3) is 0.375. The molecule has 0 aliphatic heterocycles. The molecule has 1 aromatic heterocycles. The van der Waals surface area contributed by atoms with Gasteiger partial charge in [-0.3, -0.25) is 4.79 Å². The molecule has 0 bridgehead atoms. The molecule has 3 aromatic rings. The van der Waals surface area contributed by atoms with E-state index in [-0.39, 0.29) is 29.5 Å². The van der Waals surface area contributed by atoms with Crippen molar-refractivity contribution in [2.75, 3.05) is 5.32 Å². The fourth-order valence-electron chi connectivity index (χ4n) is 4.35. The molecule has 1 heterocycles. The highest BCUT2D eigenvalue weighted by Crippen LogP contribution is 2.34. The van der Waals surface area contributed by atoms with Gasteiger partial charge in [0, 0.05) is 17.8 Å². The van der Waals surface area contributed by atoms with Crippen LogP contribution in [-0.2, 0) is 6.18 Å². The van der Waals surface area contributed by atoms with Crippen molar-refractivity contribution in [1.82, 2.24) is 10.3 Å². The van der Waals surface area contributed by atoms with Crippen molar-refractivity contribution in [2.45, 2.75) is 50.9 Å². The van der Waals surface area contributed by atoms with E-state index in [2.05, 4.69) is 22.5 Å². The Labute approximate surface area is 193 Å². The number of halogens is 3. The second-order valence-electron chi connectivity index (χ2n) is 8.43. The Balaban J connectivity index is 1.43. The first-order chi connectivity index (χ1) is 15.8. The van der Waals surface area contributed by atoms with Crippen LogP contribution >= 0.6 is 11.3 Å². The molecular formula is C24H23F3N4OS. The average Bonchev–Trinajstić information content (AvgIpc) is 3.21. The molecule has 172 valence electrons. The van der Waals surface area contributed by atoms with E-state index >= 15 is 0 Å². The quantitative estimate of drug-likeness (QED) is 0.458. The van der Waals surface area contributed by atoms with E-state index in [0.717, 1.165) is 29.1 Å². The van der Waals surface area contributed by atoms with E-state index < -0.39 is 11.7 Å². The van der Waals surface area contributed by atoms with Gasteiger partial charge in [0.25, 0.3) is 5.91 Å². The van der Waals surface area contributed by atoms with Crippen LogP contribution in [-0.4, -0.2) is 23.0 Å². The van der Waals surface area contributed by atoms with Crippen LogP contribution in [0, 0.1) is 17.2 Å². The number of hydrogen-bond acceptors (Lipinski definition) is 5. The monoisotopic (exact) mass is 472 g/mol. The van der Waals surface area contributed by atoms with Crippen LogP contribution < -0.4 is 10.6 Å². The number of nitriles is 1. The van der Waals surface area contributed by atoms with Gasteiger partial charge in [-0.1, -0.05) is 13.0 Å². The van der Waals surface area contributed by atoms with Crippen LogP contribution in [0.1, 0.15) is 54.1 Å². The van der Waals surface area contributed by atoms with Crippen molar-refractivity contribution in [1.29, 1.82) is 5.26 Å². The number of nitrogens with one attached hydrogen (secondary N) is 2. The number of nitrogens with zero attached hydrogens (tertiary/aromatic N) is 2. The molecule has 0 saturated heterocycles. The number of fused-ring (bicyclic) bond motifs is 1. The number of hydrogen-bond donors (Lipinski definition) is 2. The largest absolute Gasteiger partial charge is 0.417 e. The van der Waals surface area contributed by atoms with Crippen molar-refractivity contribution in [2.24, 2.45) is 5.92 Å². The molecule has 1 fully saturated rings. The Morgan fingerprint density at radius 3 is 2.73 bits per heavy atom. The first-order valence-electron chi connectivity index (χ1n) is 10.8. The molecule has 5 nitrogen and oxygen atoms in total. The third-order valence-electron chi connectivity index (χ3n) is 6.22. The third-order valence-corrected chi connectivity index (χ3v) is 7.09. The van der Waals surface area contributed by atoms with Gasteiger partial charge in [-0.2, -0.15) is 18.4 Å². The second-order valence-corrected chi connectivity index (χ2v) is 9.28. The highest BCUT2D eigenvalue weighted by Gasteiger charge is 2.34. The van der Waals surface area contributed by atoms with Crippen molar-refractivity contribution in [3.05, 3.63) is 58.6 Å². The lowest BCUT2D eigenvalue weighted by Gasteiger charge is -2.23. The minimum atomic E-state index is -4.59. The zero-order valence-corrected chi connectivity index (χ0v) is 18.8. The van der Waals surface area contributed by atoms with Crippen LogP contribution in [0.15, 0.2) is 41.9 Å². The molecule has 1 aliphatic carbocycles. The summed E-state index contributed by atoms with van der Waals surface area (Å²) in [6, 6.07) is 10.8. The molecule has 9 heteroatoms. The maximum Gasteiger partial charge on any atom is 0.417 e. The van der Waals surface area contributed by atoms with E-state index in [1.807, 2.05) is 12.1 Å². The predicted octanol–water partition coefficient (Wildman–Crippen LogP) is 5.98. The fourth-order valence-corrected chi connectivity index (χ4v) is 5.15. The molecule has 0 radical (unpaired) electrons. The summed E-state index contributed by atoms with van der Waals surface area (Å²) in [5, 5.41) is 15.3. The molecule has 1 aliphatic rings. The maximum absolute atomic E-state index is 13.3. The Kier molecular flexibility index (Phi) is 6.56. The van der Waals surface area contributed by atoms with Gasteiger partial charge in [-0.25, -0.2) is 4.98 Å². The van der Waals surface area contributed by atoms with Gasteiger partial charge in [0.15, 0.2) is 0 Å². The summed E-state index contributed by atoms with van der Waals surface area (Å²) >= 11 is 1.43. The number of carbonyl (C=O) groups is 1. The summed E-state index contributed by atoms with van der Waals surface area (Å²) in [6.45, 7) is 2.09. The number of amides is 1. The number of carbonyl (C=O) groups excluding carboxylic acids is 1. The molecule has 0 spiro atoms. The molecule has 2 N–H and O–H groups in total. The highest BCUT2D eigenvalue weighted by molar-refractivity contribution is 7.17. The zero-order valence-electron chi connectivity index (χ0n) is 17.9.